The summed E-state index contributed by atoms with van der Waals surface area (Å²) in [6.45, 7) is 10.5. The summed E-state index contributed by atoms with van der Waals surface area (Å²) in [5.74, 6) is 2.05. The minimum atomic E-state index is -0.112. The highest BCUT2D eigenvalue weighted by atomic mass is 35.5. The van der Waals surface area contributed by atoms with Crippen LogP contribution in [0.3, 0.4) is 0 Å². The monoisotopic (exact) mass is 426 g/mol. The van der Waals surface area contributed by atoms with Gasteiger partial charge in [0.2, 0.25) is 0 Å². The van der Waals surface area contributed by atoms with Crippen molar-refractivity contribution in [2.45, 2.75) is 90.4 Å². The molecule has 1 heterocycles. The number of nitrogens with two attached hydrogens (primary N) is 1. The van der Waals surface area contributed by atoms with E-state index in [1.807, 2.05) is 0 Å². The zero-order valence-corrected chi connectivity index (χ0v) is 19.3. The predicted octanol–water partition coefficient (Wildman–Crippen LogP) is 3.91. The van der Waals surface area contributed by atoms with Crippen molar-refractivity contribution in [3.05, 3.63) is 0 Å². The van der Waals surface area contributed by atoms with Gasteiger partial charge in [0, 0.05) is 17.4 Å². The van der Waals surface area contributed by atoms with Gasteiger partial charge in [-0.15, -0.1) is 12.4 Å². The molecule has 5 fully saturated rings. The minimum Gasteiger partial charge on any atom is -0.394 e. The Hall–Kier alpha value is -0.360. The molecule has 0 amide bonds. The van der Waals surface area contributed by atoms with Crippen molar-refractivity contribution < 1.29 is 14.7 Å². The Morgan fingerprint density at radius 3 is 2.62 bits per heavy atom. The largest absolute Gasteiger partial charge is 0.394 e. The van der Waals surface area contributed by atoms with Gasteiger partial charge in [0.05, 0.1) is 17.9 Å². The fourth-order valence-corrected chi connectivity index (χ4v) is 8.68. The zero-order chi connectivity index (χ0) is 19.9. The van der Waals surface area contributed by atoms with Crippen LogP contribution < -0.4 is 5.73 Å². The molecule has 5 nitrogen and oxygen atoms in total. The van der Waals surface area contributed by atoms with E-state index in [0.29, 0.717) is 37.0 Å². The fourth-order valence-electron chi connectivity index (χ4n) is 8.68. The van der Waals surface area contributed by atoms with Crippen molar-refractivity contribution in [1.29, 1.82) is 0 Å². The van der Waals surface area contributed by atoms with Crippen molar-refractivity contribution in [2.75, 3.05) is 13.2 Å². The first-order chi connectivity index (χ1) is 13.2. The number of ether oxygens (including phenoxy) is 1. The van der Waals surface area contributed by atoms with Gasteiger partial charge in [0.15, 0.2) is 0 Å². The minimum absolute atomic E-state index is 0. The maximum atomic E-state index is 10.7. The molecule has 0 bridgehead atoms. The van der Waals surface area contributed by atoms with Crippen molar-refractivity contribution >= 4 is 18.1 Å². The quantitative estimate of drug-likeness (QED) is 0.407. The maximum Gasteiger partial charge on any atom is 0.129 e. The molecule has 1 spiro atoms. The Kier molecular flexibility index (Phi) is 5.14. The van der Waals surface area contributed by atoms with Gasteiger partial charge in [-0.2, -0.15) is 0 Å². The van der Waals surface area contributed by atoms with Crippen LogP contribution >= 0.6 is 12.4 Å². The van der Waals surface area contributed by atoms with Crippen LogP contribution in [-0.4, -0.2) is 41.8 Å². The molecule has 5 rings (SSSR count). The van der Waals surface area contributed by atoms with Gasteiger partial charge in [-0.3, -0.25) is 0 Å². The van der Waals surface area contributed by atoms with E-state index in [9.17, 15) is 5.11 Å². The molecular weight excluding hydrogens is 388 g/mol. The van der Waals surface area contributed by atoms with Crippen molar-refractivity contribution in [2.24, 2.45) is 44.9 Å². The molecule has 0 aromatic heterocycles. The Morgan fingerprint density at radius 1 is 1.14 bits per heavy atom. The van der Waals surface area contributed by atoms with Gasteiger partial charge in [-0.25, -0.2) is 0 Å². The highest BCUT2D eigenvalue weighted by Crippen LogP contribution is 2.76. The first-order valence-electron chi connectivity index (χ1n) is 11.5. The van der Waals surface area contributed by atoms with Crippen LogP contribution in [0.15, 0.2) is 5.16 Å². The summed E-state index contributed by atoms with van der Waals surface area (Å²) in [5, 5.41) is 15.2. The second-order valence-electron chi connectivity index (χ2n) is 11.3. The van der Waals surface area contributed by atoms with E-state index in [4.69, 9.17) is 15.3 Å². The summed E-state index contributed by atoms with van der Waals surface area (Å²) in [4.78, 5) is 5.50. The first kappa shape index (κ1) is 21.9. The number of aliphatic hydroxyl groups excluding tert-OH is 1. The molecular formula is C23H39ClN2O3. The van der Waals surface area contributed by atoms with E-state index in [-0.39, 0.29) is 40.4 Å². The highest BCUT2D eigenvalue weighted by molar-refractivity contribution is 5.92. The lowest BCUT2D eigenvalue weighted by Gasteiger charge is -2.61. The number of rotatable bonds is 3. The van der Waals surface area contributed by atoms with Gasteiger partial charge in [-0.1, -0.05) is 32.9 Å². The molecule has 4 saturated carbocycles. The number of oxime groups is 1. The van der Waals surface area contributed by atoms with Crippen molar-refractivity contribution in [3.8, 4) is 0 Å². The summed E-state index contributed by atoms with van der Waals surface area (Å²) in [7, 11) is 0. The molecule has 3 N–H and O–H groups in total. The van der Waals surface area contributed by atoms with E-state index >= 15 is 0 Å². The van der Waals surface area contributed by atoms with Crippen LogP contribution in [-0.2, 0) is 9.57 Å². The highest BCUT2D eigenvalue weighted by Gasteiger charge is 2.81. The number of fused-ring (bicyclic) bond motifs is 4. The van der Waals surface area contributed by atoms with Gasteiger partial charge in [0.1, 0.15) is 12.2 Å². The predicted molar refractivity (Wildman–Crippen MR) is 116 cm³/mol. The maximum absolute atomic E-state index is 10.7. The van der Waals surface area contributed by atoms with Gasteiger partial charge < -0.3 is 20.4 Å². The third-order valence-corrected chi connectivity index (χ3v) is 10.2. The lowest BCUT2D eigenvalue weighted by molar-refractivity contribution is -0.118. The van der Waals surface area contributed by atoms with Gasteiger partial charge >= 0.3 is 0 Å². The number of halogens is 1. The smallest absolute Gasteiger partial charge is 0.129 e. The molecule has 0 aromatic rings. The van der Waals surface area contributed by atoms with Crippen LogP contribution in [0.1, 0.15) is 72.6 Å². The second kappa shape index (κ2) is 6.82. The van der Waals surface area contributed by atoms with Crippen LogP contribution in [0.25, 0.3) is 0 Å². The van der Waals surface area contributed by atoms with Gasteiger partial charge in [-0.05, 0) is 68.1 Å². The Morgan fingerprint density at radius 2 is 1.90 bits per heavy atom. The summed E-state index contributed by atoms with van der Waals surface area (Å²) in [6, 6.07) is 0. The molecule has 1 aliphatic heterocycles. The molecule has 29 heavy (non-hydrogen) atoms. The van der Waals surface area contributed by atoms with E-state index < -0.39 is 0 Å². The van der Waals surface area contributed by atoms with E-state index in [0.717, 1.165) is 37.8 Å². The summed E-state index contributed by atoms with van der Waals surface area (Å²) >= 11 is 0. The third-order valence-electron chi connectivity index (χ3n) is 10.2. The molecule has 166 valence electrons. The molecule has 0 radical (unpaired) electrons. The summed E-state index contributed by atoms with van der Waals surface area (Å²) in [6.07, 6.45) is 8.06. The standard InChI is InChI=1S/C23H38N2O3.ClH/c1-20(2)17(25-27-12-11-24)8-10-22(4)16-7-9-21(3)15(5-6-18(21)26)14(16)13-19-23(20,22)28-19;/h14-16,18-19,26H,5-13,24H2,1-4H3;1H/b25-17-;/t14-,15-,16-,18-,19-,21-,22+,23+;/m0./s1. The van der Waals surface area contributed by atoms with Gasteiger partial charge in [0.25, 0.3) is 0 Å². The number of epoxide rings is 1. The molecule has 5 aliphatic rings. The van der Waals surface area contributed by atoms with E-state index in [1.165, 1.54) is 12.8 Å². The fraction of sp³-hybridized carbons (Fsp3) is 0.957. The normalized spacial score (nSPS) is 53.2. The number of hydrogen-bond acceptors (Lipinski definition) is 5. The number of hydrogen-bond donors (Lipinski definition) is 2. The first-order valence-corrected chi connectivity index (χ1v) is 11.5. The summed E-state index contributed by atoms with van der Waals surface area (Å²) < 4.78 is 6.70. The molecule has 0 aromatic carbocycles. The van der Waals surface area contributed by atoms with Crippen LogP contribution in [0.4, 0.5) is 0 Å². The molecule has 1 saturated heterocycles. The number of aliphatic hydroxyl groups is 1. The Balaban J connectivity index is 0.00000205. The Bertz CT molecular complexity index is 700. The second-order valence-corrected chi connectivity index (χ2v) is 11.3. The number of nitrogens with zero attached hydrogens (tertiary/aromatic N) is 1. The molecule has 6 heteroatoms. The lowest BCUT2D eigenvalue weighted by Crippen LogP contribution is -2.64. The third kappa shape index (κ3) is 2.54. The molecule has 0 unspecified atom stereocenters. The average Bonchev–Trinajstić information content (AvgIpc) is 3.32. The van der Waals surface area contributed by atoms with E-state index in [2.05, 4.69) is 32.9 Å². The lowest BCUT2D eigenvalue weighted by atomic mass is 9.41. The Labute approximate surface area is 181 Å². The average molecular weight is 427 g/mol. The SMILES string of the molecule is CC1(C)/C(=N\OCCN)CC[C@]2(C)[C@H]3CC[C@]4(C)[C@@H](O)CC[C@H]4[C@@H]3C[C@@H]3O[C@]312.Cl. The van der Waals surface area contributed by atoms with E-state index in [1.54, 1.807) is 0 Å². The van der Waals surface area contributed by atoms with Crippen LogP contribution in [0, 0.1) is 34.0 Å². The van der Waals surface area contributed by atoms with Crippen LogP contribution in [0.5, 0.6) is 0 Å². The molecule has 8 atom stereocenters. The topological polar surface area (TPSA) is 80.4 Å². The summed E-state index contributed by atoms with van der Waals surface area (Å²) in [5.41, 5.74) is 6.82. The van der Waals surface area contributed by atoms with Crippen LogP contribution in [0.2, 0.25) is 0 Å². The molecule has 4 aliphatic carbocycles. The van der Waals surface area contributed by atoms with Crippen molar-refractivity contribution in [1.82, 2.24) is 0 Å². The van der Waals surface area contributed by atoms with Crippen molar-refractivity contribution in [3.63, 3.8) is 0 Å². The zero-order valence-electron chi connectivity index (χ0n) is 18.4.